The Morgan fingerprint density at radius 3 is 2.71 bits per heavy atom. The topological polar surface area (TPSA) is 48.1 Å². The Morgan fingerprint density at radius 1 is 1.47 bits per heavy atom. The number of rotatable bonds is 3. The fraction of sp³-hybridized carbons (Fsp3) is 0.643. The van der Waals surface area contributed by atoms with Crippen molar-refractivity contribution in [3.8, 4) is 5.75 Å². The molecule has 0 aromatic carbocycles. The van der Waals surface area contributed by atoms with Crippen LogP contribution in [0.1, 0.15) is 38.6 Å². The third-order valence-electron chi connectivity index (χ3n) is 3.93. The molecule has 1 saturated carbocycles. The number of pyridine rings is 1. The molecular formula is C14H22N2O. The number of nitrogens with zero attached hydrogens (tertiary/aromatic N) is 1. The van der Waals surface area contributed by atoms with Gasteiger partial charge in [-0.2, -0.15) is 0 Å². The van der Waals surface area contributed by atoms with Crippen LogP contribution >= 0.6 is 0 Å². The first-order valence-electron chi connectivity index (χ1n) is 6.34. The van der Waals surface area contributed by atoms with Gasteiger partial charge in [-0.1, -0.05) is 20.8 Å². The van der Waals surface area contributed by atoms with Gasteiger partial charge in [-0.05, 0) is 25.5 Å². The summed E-state index contributed by atoms with van der Waals surface area (Å²) in [6, 6.07) is 4.28. The predicted octanol–water partition coefficient (Wildman–Crippen LogP) is 2.46. The van der Waals surface area contributed by atoms with Gasteiger partial charge in [0.1, 0.15) is 11.9 Å². The average Bonchev–Trinajstić information content (AvgIpc) is 2.30. The van der Waals surface area contributed by atoms with Crippen molar-refractivity contribution in [1.29, 1.82) is 0 Å². The van der Waals surface area contributed by atoms with Gasteiger partial charge in [-0.25, -0.2) is 0 Å². The second kappa shape index (κ2) is 4.30. The molecule has 94 valence electrons. The van der Waals surface area contributed by atoms with Crippen molar-refractivity contribution in [1.82, 2.24) is 4.98 Å². The zero-order valence-corrected chi connectivity index (χ0v) is 11.2. The standard InChI is InChI=1S/C14H22N2O/c1-5-10-11(7-6-9(2)16-10)17-13-8-12(15)14(13,3)4/h6-7,12-13H,5,8,15H2,1-4H3. The Labute approximate surface area is 103 Å². The molecule has 0 saturated heterocycles. The third-order valence-corrected chi connectivity index (χ3v) is 3.93. The number of hydrogen-bond acceptors (Lipinski definition) is 3. The molecule has 0 radical (unpaired) electrons. The van der Waals surface area contributed by atoms with Crippen LogP contribution in [0.5, 0.6) is 5.75 Å². The van der Waals surface area contributed by atoms with Gasteiger partial charge in [0, 0.05) is 23.6 Å². The lowest BCUT2D eigenvalue weighted by Crippen LogP contribution is -2.60. The van der Waals surface area contributed by atoms with Crippen molar-refractivity contribution in [3.63, 3.8) is 0 Å². The molecule has 1 aliphatic rings. The average molecular weight is 234 g/mol. The highest BCUT2D eigenvalue weighted by molar-refractivity contribution is 5.30. The first-order valence-corrected chi connectivity index (χ1v) is 6.34. The lowest BCUT2D eigenvalue weighted by molar-refractivity contribution is -0.0406. The maximum Gasteiger partial charge on any atom is 0.141 e. The zero-order chi connectivity index (χ0) is 12.6. The number of hydrogen-bond donors (Lipinski definition) is 1. The molecule has 0 bridgehead atoms. The SMILES string of the molecule is CCc1nc(C)ccc1OC1CC(N)C1(C)C. The lowest BCUT2D eigenvalue weighted by atomic mass is 9.65. The van der Waals surface area contributed by atoms with E-state index in [1.54, 1.807) is 0 Å². The fourth-order valence-corrected chi connectivity index (χ4v) is 2.23. The van der Waals surface area contributed by atoms with Crippen LogP contribution in [0.3, 0.4) is 0 Å². The zero-order valence-electron chi connectivity index (χ0n) is 11.2. The number of aryl methyl sites for hydroxylation is 2. The van der Waals surface area contributed by atoms with Gasteiger partial charge in [0.2, 0.25) is 0 Å². The summed E-state index contributed by atoms with van der Waals surface area (Å²) in [4.78, 5) is 4.51. The van der Waals surface area contributed by atoms with Gasteiger partial charge < -0.3 is 10.5 Å². The van der Waals surface area contributed by atoms with E-state index in [4.69, 9.17) is 10.5 Å². The minimum Gasteiger partial charge on any atom is -0.488 e. The molecule has 17 heavy (non-hydrogen) atoms. The summed E-state index contributed by atoms with van der Waals surface area (Å²) in [6.07, 6.45) is 2.05. The van der Waals surface area contributed by atoms with E-state index in [0.717, 1.165) is 30.0 Å². The van der Waals surface area contributed by atoms with Crippen LogP contribution in [-0.4, -0.2) is 17.1 Å². The van der Waals surface area contributed by atoms with Crippen molar-refractivity contribution < 1.29 is 4.74 Å². The molecule has 0 amide bonds. The molecule has 0 spiro atoms. The molecule has 2 N–H and O–H groups in total. The van der Waals surface area contributed by atoms with Crippen LogP contribution in [0.4, 0.5) is 0 Å². The summed E-state index contributed by atoms with van der Waals surface area (Å²) in [5, 5.41) is 0. The number of nitrogens with two attached hydrogens (primary N) is 1. The molecule has 2 rings (SSSR count). The predicted molar refractivity (Wildman–Crippen MR) is 69.1 cm³/mol. The van der Waals surface area contributed by atoms with Gasteiger partial charge in [-0.15, -0.1) is 0 Å². The molecule has 1 aliphatic carbocycles. The van der Waals surface area contributed by atoms with E-state index in [-0.39, 0.29) is 17.6 Å². The van der Waals surface area contributed by atoms with Crippen LogP contribution < -0.4 is 10.5 Å². The Morgan fingerprint density at radius 2 is 2.18 bits per heavy atom. The van der Waals surface area contributed by atoms with Crippen LogP contribution in [0, 0.1) is 12.3 Å². The molecule has 1 aromatic heterocycles. The summed E-state index contributed by atoms with van der Waals surface area (Å²) < 4.78 is 6.07. The Kier molecular flexibility index (Phi) is 3.13. The fourth-order valence-electron chi connectivity index (χ4n) is 2.23. The Bertz CT molecular complexity index is 415. The quantitative estimate of drug-likeness (QED) is 0.874. The van der Waals surface area contributed by atoms with E-state index in [2.05, 4.69) is 25.8 Å². The normalized spacial score (nSPS) is 26.4. The molecule has 1 heterocycles. The maximum atomic E-state index is 6.07. The van der Waals surface area contributed by atoms with E-state index >= 15 is 0 Å². The minimum atomic E-state index is 0.0654. The van der Waals surface area contributed by atoms with Crippen molar-refractivity contribution in [2.75, 3.05) is 0 Å². The van der Waals surface area contributed by atoms with Gasteiger partial charge >= 0.3 is 0 Å². The summed E-state index contributed by atoms with van der Waals surface area (Å²) >= 11 is 0. The molecular weight excluding hydrogens is 212 g/mol. The smallest absolute Gasteiger partial charge is 0.141 e. The maximum absolute atomic E-state index is 6.07. The molecule has 2 atom stereocenters. The largest absolute Gasteiger partial charge is 0.488 e. The number of aromatic nitrogens is 1. The van der Waals surface area contributed by atoms with E-state index in [1.807, 2.05) is 19.1 Å². The molecule has 3 heteroatoms. The van der Waals surface area contributed by atoms with Gasteiger partial charge in [0.25, 0.3) is 0 Å². The highest BCUT2D eigenvalue weighted by Crippen LogP contribution is 2.42. The molecule has 3 nitrogen and oxygen atoms in total. The van der Waals surface area contributed by atoms with Crippen molar-refractivity contribution in [2.45, 2.75) is 52.7 Å². The molecule has 1 aromatic rings. The van der Waals surface area contributed by atoms with E-state index in [9.17, 15) is 0 Å². The monoisotopic (exact) mass is 234 g/mol. The minimum absolute atomic E-state index is 0.0654. The van der Waals surface area contributed by atoms with E-state index in [0.29, 0.717) is 0 Å². The van der Waals surface area contributed by atoms with Crippen LogP contribution in [0.25, 0.3) is 0 Å². The lowest BCUT2D eigenvalue weighted by Gasteiger charge is -2.49. The van der Waals surface area contributed by atoms with Crippen molar-refractivity contribution in [3.05, 3.63) is 23.5 Å². The van der Waals surface area contributed by atoms with Crippen LogP contribution in [-0.2, 0) is 6.42 Å². The number of ether oxygens (including phenoxy) is 1. The Hall–Kier alpha value is -1.09. The van der Waals surface area contributed by atoms with E-state index in [1.165, 1.54) is 0 Å². The second-order valence-electron chi connectivity index (χ2n) is 5.52. The summed E-state index contributed by atoms with van der Waals surface area (Å²) in [5.74, 6) is 0.920. The van der Waals surface area contributed by atoms with Crippen molar-refractivity contribution >= 4 is 0 Å². The van der Waals surface area contributed by atoms with Gasteiger partial charge in [0.05, 0.1) is 5.69 Å². The molecule has 2 unspecified atom stereocenters. The summed E-state index contributed by atoms with van der Waals surface area (Å²) in [6.45, 7) is 8.44. The van der Waals surface area contributed by atoms with Gasteiger partial charge in [-0.3, -0.25) is 4.98 Å². The van der Waals surface area contributed by atoms with E-state index < -0.39 is 0 Å². The first kappa shape index (κ1) is 12.4. The molecule has 0 aliphatic heterocycles. The second-order valence-corrected chi connectivity index (χ2v) is 5.52. The highest BCUT2D eigenvalue weighted by atomic mass is 16.5. The van der Waals surface area contributed by atoms with Crippen LogP contribution in [0.15, 0.2) is 12.1 Å². The third kappa shape index (κ3) is 2.16. The van der Waals surface area contributed by atoms with Crippen molar-refractivity contribution in [2.24, 2.45) is 11.1 Å². The van der Waals surface area contributed by atoms with Crippen LogP contribution in [0.2, 0.25) is 0 Å². The molecule has 1 fully saturated rings. The Balaban J connectivity index is 2.15. The highest BCUT2D eigenvalue weighted by Gasteiger charge is 2.48. The summed E-state index contributed by atoms with van der Waals surface area (Å²) in [5.41, 5.74) is 8.15. The summed E-state index contributed by atoms with van der Waals surface area (Å²) in [7, 11) is 0. The first-order chi connectivity index (χ1) is 7.95. The van der Waals surface area contributed by atoms with Gasteiger partial charge in [0.15, 0.2) is 0 Å².